The first-order valence-electron chi connectivity index (χ1n) is 6.69. The molecule has 0 aliphatic carbocycles. The van der Waals surface area contributed by atoms with E-state index >= 15 is 0 Å². The van der Waals surface area contributed by atoms with Crippen molar-refractivity contribution in [2.45, 2.75) is 0 Å². The molecule has 0 saturated heterocycles. The number of ether oxygens (including phenoxy) is 3. The summed E-state index contributed by atoms with van der Waals surface area (Å²) in [7, 11) is 4.80. The first kappa shape index (κ1) is 15.5. The van der Waals surface area contributed by atoms with Gasteiger partial charge >= 0.3 is 0 Å². The Bertz CT molecular complexity index is 707. The third-order valence-electron chi connectivity index (χ3n) is 3.25. The third-order valence-corrected chi connectivity index (χ3v) is 3.25. The highest BCUT2D eigenvalue weighted by molar-refractivity contribution is 5.82. The van der Waals surface area contributed by atoms with Crippen molar-refractivity contribution < 1.29 is 14.2 Å². The molecule has 0 heterocycles. The van der Waals surface area contributed by atoms with Crippen molar-refractivity contribution in [1.29, 1.82) is 5.26 Å². The van der Waals surface area contributed by atoms with Crippen LogP contribution < -0.4 is 14.2 Å². The van der Waals surface area contributed by atoms with Crippen LogP contribution in [-0.2, 0) is 0 Å². The molecule has 2 rings (SSSR count). The molecule has 0 aliphatic heterocycles. The Morgan fingerprint density at radius 1 is 0.864 bits per heavy atom. The zero-order valence-corrected chi connectivity index (χ0v) is 12.8. The fourth-order valence-corrected chi connectivity index (χ4v) is 2.15. The minimum absolute atomic E-state index is 0.668. The van der Waals surface area contributed by atoms with E-state index in [4.69, 9.17) is 19.5 Å². The Morgan fingerprint density at radius 3 is 2.00 bits per heavy atom. The van der Waals surface area contributed by atoms with Crippen molar-refractivity contribution in [3.8, 4) is 23.3 Å². The first-order chi connectivity index (χ1) is 10.7. The summed E-state index contributed by atoms with van der Waals surface area (Å²) in [4.78, 5) is 0. The van der Waals surface area contributed by atoms with Gasteiger partial charge in [0, 0.05) is 12.1 Å². The molecule has 0 radical (unpaired) electrons. The molecule has 0 saturated carbocycles. The van der Waals surface area contributed by atoms with Gasteiger partial charge < -0.3 is 14.2 Å². The fraction of sp³-hybridized carbons (Fsp3) is 0.167. The average molecular weight is 295 g/mol. The first-order valence-corrected chi connectivity index (χ1v) is 6.69. The predicted octanol–water partition coefficient (Wildman–Crippen LogP) is 3.67. The lowest BCUT2D eigenvalue weighted by Gasteiger charge is -2.12. The third kappa shape index (κ3) is 3.39. The van der Waals surface area contributed by atoms with Gasteiger partial charge in [-0.05, 0) is 41.0 Å². The van der Waals surface area contributed by atoms with E-state index in [2.05, 4.69) is 6.07 Å². The largest absolute Gasteiger partial charge is 0.497 e. The number of hydrogen-bond acceptors (Lipinski definition) is 4. The molecule has 0 aliphatic rings. The quantitative estimate of drug-likeness (QED) is 0.790. The van der Waals surface area contributed by atoms with Gasteiger partial charge in [-0.1, -0.05) is 12.1 Å². The second-order valence-electron chi connectivity index (χ2n) is 4.52. The Hall–Kier alpha value is -2.93. The smallest absolute Gasteiger partial charge is 0.123 e. The van der Waals surface area contributed by atoms with Gasteiger partial charge in [0.25, 0.3) is 0 Å². The molecule has 112 valence electrons. The van der Waals surface area contributed by atoms with E-state index in [1.165, 1.54) is 6.08 Å². The number of benzene rings is 2. The maximum Gasteiger partial charge on any atom is 0.123 e. The predicted molar refractivity (Wildman–Crippen MR) is 85.2 cm³/mol. The van der Waals surface area contributed by atoms with E-state index in [0.717, 1.165) is 22.4 Å². The summed E-state index contributed by atoms with van der Waals surface area (Å²) in [5.74, 6) is 2.07. The van der Waals surface area contributed by atoms with Crippen LogP contribution in [0.3, 0.4) is 0 Å². The number of nitriles is 1. The van der Waals surface area contributed by atoms with Gasteiger partial charge in [-0.2, -0.15) is 5.26 Å². The molecule has 4 heteroatoms. The van der Waals surface area contributed by atoms with E-state index in [1.54, 1.807) is 27.4 Å². The average Bonchev–Trinajstić information content (AvgIpc) is 2.59. The Balaban J connectivity index is 2.58. The standard InChI is InChI=1S/C18H17NO3/c1-20-15-6-4-5-13(9-15)18(7-8-19)14-10-16(21-2)12-17(11-14)22-3/h4-7,9-12H,1-3H3/b18-7+. The molecule has 2 aromatic rings. The second-order valence-corrected chi connectivity index (χ2v) is 4.52. The summed E-state index contributed by atoms with van der Waals surface area (Å²) in [5.41, 5.74) is 2.50. The highest BCUT2D eigenvalue weighted by Crippen LogP contribution is 2.31. The summed E-state index contributed by atoms with van der Waals surface area (Å²) in [5, 5.41) is 9.12. The highest BCUT2D eigenvalue weighted by Gasteiger charge is 2.10. The van der Waals surface area contributed by atoms with E-state index < -0.39 is 0 Å². The number of methoxy groups -OCH3 is 3. The summed E-state index contributed by atoms with van der Waals surface area (Å²) in [6.45, 7) is 0. The zero-order valence-electron chi connectivity index (χ0n) is 12.8. The van der Waals surface area contributed by atoms with Gasteiger partial charge in [-0.25, -0.2) is 0 Å². The summed E-state index contributed by atoms with van der Waals surface area (Å²) < 4.78 is 15.8. The number of nitrogens with zero attached hydrogens (tertiary/aromatic N) is 1. The van der Waals surface area contributed by atoms with Crippen molar-refractivity contribution in [2.75, 3.05) is 21.3 Å². The summed E-state index contributed by atoms with van der Waals surface area (Å²) in [6.07, 6.45) is 1.50. The van der Waals surface area contributed by atoms with Gasteiger partial charge in [0.05, 0.1) is 27.4 Å². The molecule has 4 nitrogen and oxygen atoms in total. The maximum atomic E-state index is 9.12. The molecule has 0 fully saturated rings. The van der Waals surface area contributed by atoms with Crippen LogP contribution in [0.5, 0.6) is 17.2 Å². The summed E-state index contributed by atoms with van der Waals surface area (Å²) >= 11 is 0. The molecule has 0 atom stereocenters. The van der Waals surface area contributed by atoms with Gasteiger partial charge in [-0.15, -0.1) is 0 Å². The fourth-order valence-electron chi connectivity index (χ4n) is 2.15. The zero-order chi connectivity index (χ0) is 15.9. The molecule has 0 amide bonds. The molecule has 0 spiro atoms. The molecule has 0 unspecified atom stereocenters. The van der Waals surface area contributed by atoms with Crippen LogP contribution in [0.1, 0.15) is 11.1 Å². The van der Waals surface area contributed by atoms with Crippen molar-refractivity contribution in [2.24, 2.45) is 0 Å². The lowest BCUT2D eigenvalue weighted by atomic mass is 9.97. The van der Waals surface area contributed by atoms with E-state index in [0.29, 0.717) is 11.5 Å². The molecular formula is C18H17NO3. The number of rotatable bonds is 5. The lowest BCUT2D eigenvalue weighted by Crippen LogP contribution is -1.93. The van der Waals surface area contributed by atoms with Crippen LogP contribution in [0, 0.1) is 11.3 Å². The highest BCUT2D eigenvalue weighted by atomic mass is 16.5. The van der Waals surface area contributed by atoms with E-state index in [9.17, 15) is 0 Å². The Labute approximate surface area is 130 Å². The SMILES string of the molecule is COc1cccc(/C(=C\C#N)c2cc(OC)cc(OC)c2)c1. The van der Waals surface area contributed by atoms with Crippen molar-refractivity contribution in [1.82, 2.24) is 0 Å². The van der Waals surface area contributed by atoms with E-state index in [1.807, 2.05) is 36.4 Å². The minimum Gasteiger partial charge on any atom is -0.497 e. The van der Waals surface area contributed by atoms with Crippen LogP contribution in [-0.4, -0.2) is 21.3 Å². The van der Waals surface area contributed by atoms with Crippen LogP contribution in [0.2, 0.25) is 0 Å². The molecule has 0 bridgehead atoms. The van der Waals surface area contributed by atoms with Gasteiger partial charge in [0.2, 0.25) is 0 Å². The summed E-state index contributed by atoms with van der Waals surface area (Å²) in [6, 6.07) is 15.2. The van der Waals surface area contributed by atoms with Crippen LogP contribution >= 0.6 is 0 Å². The second kappa shape index (κ2) is 7.19. The topological polar surface area (TPSA) is 51.5 Å². The van der Waals surface area contributed by atoms with Crippen molar-refractivity contribution in [3.05, 3.63) is 59.7 Å². The minimum atomic E-state index is 0.668. The van der Waals surface area contributed by atoms with Crippen LogP contribution in [0.4, 0.5) is 0 Å². The van der Waals surface area contributed by atoms with E-state index in [-0.39, 0.29) is 0 Å². The van der Waals surface area contributed by atoms with Gasteiger partial charge in [0.1, 0.15) is 17.2 Å². The van der Waals surface area contributed by atoms with Crippen LogP contribution in [0.25, 0.3) is 5.57 Å². The van der Waals surface area contributed by atoms with Crippen LogP contribution in [0.15, 0.2) is 48.5 Å². The normalized spacial score (nSPS) is 10.7. The Morgan fingerprint density at radius 2 is 1.45 bits per heavy atom. The van der Waals surface area contributed by atoms with Gasteiger partial charge in [-0.3, -0.25) is 0 Å². The van der Waals surface area contributed by atoms with Gasteiger partial charge in [0.15, 0.2) is 0 Å². The molecule has 0 N–H and O–H groups in total. The molecular weight excluding hydrogens is 278 g/mol. The lowest BCUT2D eigenvalue weighted by molar-refractivity contribution is 0.394. The van der Waals surface area contributed by atoms with Crippen molar-refractivity contribution in [3.63, 3.8) is 0 Å². The number of allylic oxidation sites excluding steroid dienone is 1. The molecule has 22 heavy (non-hydrogen) atoms. The molecule has 0 aromatic heterocycles. The van der Waals surface area contributed by atoms with Crippen molar-refractivity contribution >= 4 is 5.57 Å². The monoisotopic (exact) mass is 295 g/mol. The maximum absolute atomic E-state index is 9.12. The Kier molecular flexibility index (Phi) is 5.05. The number of hydrogen-bond donors (Lipinski definition) is 0. The molecule has 2 aromatic carbocycles.